The predicted octanol–water partition coefficient (Wildman–Crippen LogP) is 3.68. The molecule has 0 heterocycles. The van der Waals surface area contributed by atoms with E-state index < -0.39 is 0 Å². The number of rotatable bonds is 7. The Balaban J connectivity index is 2.33. The van der Waals surface area contributed by atoms with Crippen molar-refractivity contribution in [1.29, 1.82) is 0 Å². The third-order valence-electron chi connectivity index (χ3n) is 3.05. The summed E-state index contributed by atoms with van der Waals surface area (Å²) in [5.41, 5.74) is 1.02. The van der Waals surface area contributed by atoms with E-state index in [4.69, 9.17) is 16.3 Å². The molecule has 1 amide bonds. The minimum Gasteiger partial charge on any atom is -0.493 e. The van der Waals surface area contributed by atoms with E-state index in [0.29, 0.717) is 18.1 Å². The molecule has 0 bridgehead atoms. The van der Waals surface area contributed by atoms with Crippen molar-refractivity contribution in [3.05, 3.63) is 28.8 Å². The highest BCUT2D eigenvalue weighted by molar-refractivity contribution is 6.30. The summed E-state index contributed by atoms with van der Waals surface area (Å²) in [6.45, 7) is 8.04. The minimum absolute atomic E-state index is 0.196. The van der Waals surface area contributed by atoms with E-state index >= 15 is 0 Å². The zero-order chi connectivity index (χ0) is 14.3. The molecule has 4 heteroatoms. The smallest absolute Gasteiger partial charge is 0.222 e. The minimum atomic E-state index is 0.196. The Morgan fingerprint density at radius 1 is 1.32 bits per heavy atom. The maximum atomic E-state index is 11.8. The van der Waals surface area contributed by atoms with Crippen molar-refractivity contribution in [2.24, 2.45) is 0 Å². The molecule has 0 atom stereocenters. The molecule has 0 N–H and O–H groups in total. The number of nitrogens with zero attached hydrogens (tertiary/aromatic N) is 1. The van der Waals surface area contributed by atoms with Gasteiger partial charge in [-0.15, -0.1) is 0 Å². The van der Waals surface area contributed by atoms with Crippen LogP contribution in [-0.4, -0.2) is 30.5 Å². The van der Waals surface area contributed by atoms with Gasteiger partial charge in [0.05, 0.1) is 6.61 Å². The molecule has 1 aromatic rings. The number of ether oxygens (including phenoxy) is 1. The lowest BCUT2D eigenvalue weighted by Gasteiger charge is -2.18. The van der Waals surface area contributed by atoms with E-state index in [2.05, 4.69) is 0 Å². The fourth-order valence-corrected chi connectivity index (χ4v) is 2.14. The maximum Gasteiger partial charge on any atom is 0.222 e. The molecule has 0 aliphatic carbocycles. The monoisotopic (exact) mass is 283 g/mol. The maximum absolute atomic E-state index is 11.8. The molecule has 0 fully saturated rings. The van der Waals surface area contributed by atoms with Gasteiger partial charge in [0, 0.05) is 24.5 Å². The topological polar surface area (TPSA) is 29.5 Å². The fourth-order valence-electron chi connectivity index (χ4n) is 1.91. The molecule has 3 nitrogen and oxygen atoms in total. The normalized spacial score (nSPS) is 10.3. The first-order valence-electron chi connectivity index (χ1n) is 6.75. The first kappa shape index (κ1) is 15.8. The first-order valence-corrected chi connectivity index (χ1v) is 7.13. The van der Waals surface area contributed by atoms with Gasteiger partial charge in [0.15, 0.2) is 0 Å². The SMILES string of the molecule is CCN(CC)C(=O)CCCOc1ccc(Cl)cc1C. The summed E-state index contributed by atoms with van der Waals surface area (Å²) in [7, 11) is 0. The Labute approximate surface area is 120 Å². The van der Waals surface area contributed by atoms with Crippen LogP contribution in [0.5, 0.6) is 5.75 Å². The highest BCUT2D eigenvalue weighted by Crippen LogP contribution is 2.21. The van der Waals surface area contributed by atoms with E-state index in [0.717, 1.165) is 30.8 Å². The lowest BCUT2D eigenvalue weighted by molar-refractivity contribution is -0.131. The van der Waals surface area contributed by atoms with Gasteiger partial charge in [-0.1, -0.05) is 11.6 Å². The molecule has 0 radical (unpaired) electrons. The second-order valence-electron chi connectivity index (χ2n) is 4.43. The number of hydrogen-bond donors (Lipinski definition) is 0. The van der Waals surface area contributed by atoms with Crippen LogP contribution in [0.2, 0.25) is 5.02 Å². The molecule has 0 aliphatic rings. The van der Waals surface area contributed by atoms with Crippen molar-refractivity contribution < 1.29 is 9.53 Å². The van der Waals surface area contributed by atoms with E-state index in [1.807, 2.05) is 43.9 Å². The van der Waals surface area contributed by atoms with E-state index in [1.165, 1.54) is 0 Å². The number of halogens is 1. The number of benzene rings is 1. The highest BCUT2D eigenvalue weighted by Gasteiger charge is 2.09. The van der Waals surface area contributed by atoms with E-state index in [9.17, 15) is 4.79 Å². The second-order valence-corrected chi connectivity index (χ2v) is 4.86. The van der Waals surface area contributed by atoms with Gasteiger partial charge >= 0.3 is 0 Å². The number of carbonyl (C=O) groups is 1. The Bertz CT molecular complexity index is 417. The summed E-state index contributed by atoms with van der Waals surface area (Å²) >= 11 is 5.88. The fraction of sp³-hybridized carbons (Fsp3) is 0.533. The van der Waals surface area contributed by atoms with Crippen molar-refractivity contribution in [3.8, 4) is 5.75 Å². The van der Waals surface area contributed by atoms with Gasteiger partial charge in [0.25, 0.3) is 0 Å². The van der Waals surface area contributed by atoms with Crippen LogP contribution in [0.4, 0.5) is 0 Å². The van der Waals surface area contributed by atoms with Crippen LogP contribution < -0.4 is 4.74 Å². The Kier molecular flexibility index (Phi) is 6.71. The summed E-state index contributed by atoms with van der Waals surface area (Å²) in [6, 6.07) is 5.55. The molecule has 0 saturated heterocycles. The third-order valence-corrected chi connectivity index (χ3v) is 3.28. The van der Waals surface area contributed by atoms with Crippen molar-refractivity contribution in [2.75, 3.05) is 19.7 Å². The zero-order valence-corrected chi connectivity index (χ0v) is 12.7. The largest absolute Gasteiger partial charge is 0.493 e. The summed E-state index contributed by atoms with van der Waals surface area (Å²) in [4.78, 5) is 13.6. The van der Waals surface area contributed by atoms with Crippen molar-refractivity contribution in [2.45, 2.75) is 33.6 Å². The Hall–Kier alpha value is -1.22. The summed E-state index contributed by atoms with van der Waals surface area (Å²) in [6.07, 6.45) is 1.27. The number of amides is 1. The lowest BCUT2D eigenvalue weighted by atomic mass is 10.2. The lowest BCUT2D eigenvalue weighted by Crippen LogP contribution is -2.30. The second kappa shape index (κ2) is 8.05. The molecule has 0 spiro atoms. The summed E-state index contributed by atoms with van der Waals surface area (Å²) < 4.78 is 5.66. The number of hydrogen-bond acceptors (Lipinski definition) is 2. The number of carbonyl (C=O) groups excluding carboxylic acids is 1. The Morgan fingerprint density at radius 3 is 2.58 bits per heavy atom. The average molecular weight is 284 g/mol. The van der Waals surface area contributed by atoms with E-state index in [-0.39, 0.29) is 5.91 Å². The molecule has 1 rings (SSSR count). The molecule has 0 saturated carbocycles. The van der Waals surface area contributed by atoms with Gasteiger partial charge in [0.1, 0.15) is 5.75 Å². The van der Waals surface area contributed by atoms with Crippen molar-refractivity contribution in [3.63, 3.8) is 0 Å². The molecular formula is C15H22ClNO2. The average Bonchev–Trinajstić information content (AvgIpc) is 2.38. The van der Waals surface area contributed by atoms with Gasteiger partial charge < -0.3 is 9.64 Å². The molecule has 106 valence electrons. The highest BCUT2D eigenvalue weighted by atomic mass is 35.5. The van der Waals surface area contributed by atoms with Gasteiger partial charge in [0.2, 0.25) is 5.91 Å². The van der Waals surface area contributed by atoms with Crippen molar-refractivity contribution >= 4 is 17.5 Å². The van der Waals surface area contributed by atoms with Crippen LogP contribution in [0.25, 0.3) is 0 Å². The predicted molar refractivity (Wildman–Crippen MR) is 78.8 cm³/mol. The van der Waals surface area contributed by atoms with Crippen LogP contribution in [0.3, 0.4) is 0 Å². The zero-order valence-electron chi connectivity index (χ0n) is 11.9. The molecule has 19 heavy (non-hydrogen) atoms. The van der Waals surface area contributed by atoms with E-state index in [1.54, 1.807) is 0 Å². The van der Waals surface area contributed by atoms with Crippen molar-refractivity contribution in [1.82, 2.24) is 4.90 Å². The Morgan fingerprint density at radius 2 is 2.00 bits per heavy atom. The van der Waals surface area contributed by atoms with Crippen LogP contribution in [0, 0.1) is 6.92 Å². The number of aryl methyl sites for hydroxylation is 1. The standard InChI is InChI=1S/C15H22ClNO2/c1-4-17(5-2)15(18)7-6-10-19-14-9-8-13(16)11-12(14)3/h8-9,11H,4-7,10H2,1-3H3. The molecule has 0 aliphatic heterocycles. The quantitative estimate of drug-likeness (QED) is 0.715. The van der Waals surface area contributed by atoms with Gasteiger partial charge in [-0.2, -0.15) is 0 Å². The summed E-state index contributed by atoms with van der Waals surface area (Å²) in [5.74, 6) is 1.03. The first-order chi connectivity index (χ1) is 9.08. The molecule has 0 unspecified atom stereocenters. The van der Waals surface area contributed by atoms with Gasteiger partial charge in [-0.3, -0.25) is 4.79 Å². The van der Waals surface area contributed by atoms with Crippen LogP contribution in [0.15, 0.2) is 18.2 Å². The van der Waals surface area contributed by atoms with Gasteiger partial charge in [-0.05, 0) is 51.0 Å². The van der Waals surface area contributed by atoms with Crippen LogP contribution >= 0.6 is 11.6 Å². The van der Waals surface area contributed by atoms with Crippen LogP contribution in [0.1, 0.15) is 32.3 Å². The molecular weight excluding hydrogens is 262 g/mol. The summed E-state index contributed by atoms with van der Waals surface area (Å²) in [5, 5.41) is 0.710. The van der Waals surface area contributed by atoms with Gasteiger partial charge in [-0.25, -0.2) is 0 Å². The molecule has 1 aromatic carbocycles. The van der Waals surface area contributed by atoms with Crippen LogP contribution in [-0.2, 0) is 4.79 Å². The third kappa shape index (κ3) is 5.11. The molecule has 0 aromatic heterocycles.